The smallest absolute Gasteiger partial charge is 0.273 e. The molecule has 0 unspecified atom stereocenters. The number of carbonyl (C=O) groups excluding carboxylic acids is 1. The fourth-order valence-corrected chi connectivity index (χ4v) is 3.38. The minimum absolute atomic E-state index is 0.000726. The summed E-state index contributed by atoms with van der Waals surface area (Å²) in [6.07, 6.45) is 0.693. The lowest BCUT2D eigenvalue weighted by Crippen LogP contribution is -2.27. The molecule has 3 rings (SSSR count). The largest absolute Gasteiger partial charge is 0.355 e. The maximum atomic E-state index is 12.1. The zero-order chi connectivity index (χ0) is 19.2. The van der Waals surface area contributed by atoms with Crippen molar-refractivity contribution in [2.75, 3.05) is 6.54 Å². The topological polar surface area (TPSA) is 85.1 Å². The Bertz CT molecular complexity index is 951. The van der Waals surface area contributed by atoms with E-state index in [1.54, 1.807) is 29.5 Å². The Morgan fingerprint density at radius 1 is 1.19 bits per heavy atom. The van der Waals surface area contributed by atoms with Crippen molar-refractivity contribution in [3.8, 4) is 11.3 Å². The van der Waals surface area contributed by atoms with E-state index in [1.165, 1.54) is 6.07 Å². The van der Waals surface area contributed by atoms with Crippen LogP contribution in [-0.2, 0) is 17.6 Å². The molecule has 0 aliphatic carbocycles. The average molecular weight is 381 g/mol. The Morgan fingerprint density at radius 3 is 2.59 bits per heavy atom. The number of nitrogens with zero attached hydrogens (tertiary/aromatic N) is 2. The van der Waals surface area contributed by atoms with Crippen LogP contribution < -0.4 is 5.32 Å². The molecule has 0 saturated heterocycles. The first-order chi connectivity index (χ1) is 13.0. The second-order valence-electron chi connectivity index (χ2n) is 6.11. The fourth-order valence-electron chi connectivity index (χ4n) is 2.76. The van der Waals surface area contributed by atoms with Gasteiger partial charge in [0.15, 0.2) is 0 Å². The monoisotopic (exact) mass is 381 g/mol. The summed E-state index contributed by atoms with van der Waals surface area (Å²) in [4.78, 5) is 27.1. The van der Waals surface area contributed by atoms with Gasteiger partial charge >= 0.3 is 0 Å². The van der Waals surface area contributed by atoms with E-state index in [0.717, 1.165) is 21.8 Å². The number of aromatic nitrogens is 1. The predicted octanol–water partition coefficient (Wildman–Crippen LogP) is 3.93. The number of para-hydroxylation sites is 1. The van der Waals surface area contributed by atoms with E-state index in [4.69, 9.17) is 0 Å². The van der Waals surface area contributed by atoms with Crippen molar-refractivity contribution in [1.29, 1.82) is 0 Å². The van der Waals surface area contributed by atoms with Gasteiger partial charge in [0.05, 0.1) is 22.0 Å². The summed E-state index contributed by atoms with van der Waals surface area (Å²) in [7, 11) is 0. The van der Waals surface area contributed by atoms with Gasteiger partial charge in [-0.15, -0.1) is 11.3 Å². The van der Waals surface area contributed by atoms with Crippen LogP contribution >= 0.6 is 11.3 Å². The molecule has 1 N–H and O–H groups in total. The molecule has 2 aromatic carbocycles. The van der Waals surface area contributed by atoms with E-state index in [0.29, 0.717) is 18.5 Å². The minimum Gasteiger partial charge on any atom is -0.355 e. The number of rotatable bonds is 7. The zero-order valence-corrected chi connectivity index (χ0v) is 15.7. The summed E-state index contributed by atoms with van der Waals surface area (Å²) < 4.78 is 0. The van der Waals surface area contributed by atoms with Gasteiger partial charge in [-0.1, -0.05) is 42.5 Å². The quantitative estimate of drug-likeness (QED) is 0.496. The summed E-state index contributed by atoms with van der Waals surface area (Å²) in [5.74, 6) is -0.223. The predicted molar refractivity (Wildman–Crippen MR) is 106 cm³/mol. The van der Waals surface area contributed by atoms with E-state index in [-0.39, 0.29) is 18.0 Å². The maximum absolute atomic E-state index is 12.1. The van der Waals surface area contributed by atoms with Crippen LogP contribution in [0.15, 0.2) is 53.9 Å². The van der Waals surface area contributed by atoms with Crippen LogP contribution in [0.4, 0.5) is 5.69 Å². The van der Waals surface area contributed by atoms with Crippen molar-refractivity contribution in [1.82, 2.24) is 10.3 Å². The summed E-state index contributed by atoms with van der Waals surface area (Å²) in [5.41, 5.74) is 3.55. The first-order valence-corrected chi connectivity index (χ1v) is 9.41. The van der Waals surface area contributed by atoms with Gasteiger partial charge in [-0.05, 0) is 18.9 Å². The lowest BCUT2D eigenvalue weighted by molar-refractivity contribution is -0.385. The van der Waals surface area contributed by atoms with Crippen molar-refractivity contribution in [3.63, 3.8) is 0 Å². The molecule has 1 heterocycles. The second kappa shape index (κ2) is 8.55. The van der Waals surface area contributed by atoms with Gasteiger partial charge in [0.25, 0.3) is 5.69 Å². The number of carbonyl (C=O) groups is 1. The molecule has 0 aliphatic rings. The summed E-state index contributed by atoms with van der Waals surface area (Å²) in [5, 5.41) is 16.9. The molecule has 0 atom stereocenters. The van der Waals surface area contributed by atoms with Crippen LogP contribution in [-0.4, -0.2) is 22.4 Å². The van der Waals surface area contributed by atoms with Gasteiger partial charge < -0.3 is 5.32 Å². The summed E-state index contributed by atoms with van der Waals surface area (Å²) in [6, 6.07) is 14.4. The van der Waals surface area contributed by atoms with E-state index in [1.807, 2.05) is 36.6 Å². The standard InChI is InChI=1S/C20H19N3O3S/c1-14-22-18(13-27-14)16-8-6-15(7-9-16)10-11-21-20(24)12-17-4-2-3-5-19(17)23(25)26/h2-9,13H,10-12H2,1H3,(H,21,24). The first kappa shape index (κ1) is 18.7. The molecular formula is C20H19N3O3S. The van der Waals surface area contributed by atoms with Crippen LogP contribution in [0.5, 0.6) is 0 Å². The van der Waals surface area contributed by atoms with E-state index >= 15 is 0 Å². The molecule has 1 aromatic heterocycles. The number of nitro benzene ring substituents is 1. The molecule has 1 amide bonds. The van der Waals surface area contributed by atoms with Crippen LogP contribution in [0.3, 0.4) is 0 Å². The summed E-state index contributed by atoms with van der Waals surface area (Å²) in [6.45, 7) is 2.46. The molecule has 6 nitrogen and oxygen atoms in total. The Kier molecular flexibility index (Phi) is 5.93. The molecule has 27 heavy (non-hydrogen) atoms. The Hall–Kier alpha value is -3.06. The molecule has 3 aromatic rings. The Morgan fingerprint density at radius 2 is 1.93 bits per heavy atom. The number of aryl methyl sites for hydroxylation is 1. The summed E-state index contributed by atoms with van der Waals surface area (Å²) >= 11 is 1.62. The van der Waals surface area contributed by atoms with Crippen LogP contribution in [0.25, 0.3) is 11.3 Å². The van der Waals surface area contributed by atoms with Crippen molar-refractivity contribution in [2.24, 2.45) is 0 Å². The molecule has 0 radical (unpaired) electrons. The molecule has 0 spiro atoms. The number of benzene rings is 2. The van der Waals surface area contributed by atoms with Crippen molar-refractivity contribution < 1.29 is 9.72 Å². The minimum atomic E-state index is -0.464. The number of thiazole rings is 1. The Labute approximate surface area is 161 Å². The third-order valence-corrected chi connectivity index (χ3v) is 4.92. The first-order valence-electron chi connectivity index (χ1n) is 8.53. The van der Waals surface area contributed by atoms with Gasteiger partial charge in [-0.25, -0.2) is 4.98 Å². The zero-order valence-electron chi connectivity index (χ0n) is 14.8. The average Bonchev–Trinajstić information content (AvgIpc) is 3.09. The van der Waals surface area contributed by atoms with Crippen molar-refractivity contribution in [2.45, 2.75) is 19.8 Å². The fraction of sp³-hybridized carbons (Fsp3) is 0.200. The normalized spacial score (nSPS) is 10.6. The highest BCUT2D eigenvalue weighted by molar-refractivity contribution is 7.09. The van der Waals surface area contributed by atoms with Gasteiger partial charge in [0.2, 0.25) is 5.91 Å². The highest BCUT2D eigenvalue weighted by Gasteiger charge is 2.15. The molecule has 0 fully saturated rings. The molecule has 0 saturated carbocycles. The van der Waals surface area contributed by atoms with E-state index in [2.05, 4.69) is 10.3 Å². The lowest BCUT2D eigenvalue weighted by atomic mass is 10.1. The van der Waals surface area contributed by atoms with Crippen LogP contribution in [0.2, 0.25) is 0 Å². The highest BCUT2D eigenvalue weighted by atomic mass is 32.1. The molecule has 0 aliphatic heterocycles. The van der Waals surface area contributed by atoms with Crippen LogP contribution in [0.1, 0.15) is 16.1 Å². The van der Waals surface area contributed by atoms with Crippen molar-refractivity contribution in [3.05, 3.63) is 80.2 Å². The number of nitrogens with one attached hydrogen (secondary N) is 1. The van der Waals surface area contributed by atoms with Gasteiger partial charge in [0.1, 0.15) is 0 Å². The van der Waals surface area contributed by atoms with Gasteiger partial charge in [-0.2, -0.15) is 0 Å². The second-order valence-corrected chi connectivity index (χ2v) is 7.17. The van der Waals surface area contributed by atoms with Gasteiger partial charge in [-0.3, -0.25) is 14.9 Å². The third kappa shape index (κ3) is 4.98. The maximum Gasteiger partial charge on any atom is 0.273 e. The number of hydrogen-bond donors (Lipinski definition) is 1. The number of hydrogen-bond acceptors (Lipinski definition) is 5. The molecule has 0 bridgehead atoms. The Balaban J connectivity index is 1.51. The van der Waals surface area contributed by atoms with E-state index < -0.39 is 4.92 Å². The molecule has 138 valence electrons. The SMILES string of the molecule is Cc1nc(-c2ccc(CCNC(=O)Cc3ccccc3[N+](=O)[O-])cc2)cs1. The lowest BCUT2D eigenvalue weighted by Gasteiger charge is -2.07. The molecule has 7 heteroatoms. The molecular weight excluding hydrogens is 362 g/mol. The van der Waals surface area contributed by atoms with Crippen molar-refractivity contribution >= 4 is 22.9 Å². The number of nitro groups is 1. The highest BCUT2D eigenvalue weighted by Crippen LogP contribution is 2.22. The third-order valence-electron chi connectivity index (χ3n) is 4.14. The van der Waals surface area contributed by atoms with Gasteiger partial charge in [0, 0.05) is 29.1 Å². The van der Waals surface area contributed by atoms with E-state index in [9.17, 15) is 14.9 Å². The number of amides is 1. The van der Waals surface area contributed by atoms with Crippen LogP contribution in [0, 0.1) is 17.0 Å².